The number of ketones is 1. The molecule has 1 rings (SSSR count). The first-order valence-corrected chi connectivity index (χ1v) is 6.02. The Morgan fingerprint density at radius 2 is 2.00 bits per heavy atom. The maximum Gasteiger partial charge on any atom is 0.429 e. The molecule has 7 nitrogen and oxygen atoms in total. The fraction of sp³-hybridized carbons (Fsp3) is 0.727. The standard InChI is InChI=1S/C11H18N2O5/c1-3-17-10(15)12-13(11(16)18-4-2)8-6-5-7-9(8)14/h8H,3-7H2,1-2H3,(H,12,15). The van der Waals surface area contributed by atoms with E-state index in [1.54, 1.807) is 13.8 Å². The Balaban J connectivity index is 2.71. The zero-order valence-electron chi connectivity index (χ0n) is 10.6. The van der Waals surface area contributed by atoms with Crippen molar-refractivity contribution in [2.45, 2.75) is 39.2 Å². The lowest BCUT2D eigenvalue weighted by atomic mass is 10.2. The molecule has 0 aromatic rings. The Bertz CT molecular complexity index is 331. The summed E-state index contributed by atoms with van der Waals surface area (Å²) in [7, 11) is 0. The first-order valence-electron chi connectivity index (χ1n) is 6.02. The molecule has 0 heterocycles. The van der Waals surface area contributed by atoms with Crippen LogP contribution in [0.2, 0.25) is 0 Å². The van der Waals surface area contributed by atoms with E-state index in [4.69, 9.17) is 4.74 Å². The fourth-order valence-electron chi connectivity index (χ4n) is 1.78. The summed E-state index contributed by atoms with van der Waals surface area (Å²) >= 11 is 0. The summed E-state index contributed by atoms with van der Waals surface area (Å²) in [6.45, 7) is 3.65. The number of nitrogens with one attached hydrogen (secondary N) is 1. The van der Waals surface area contributed by atoms with Crippen LogP contribution in [0.15, 0.2) is 0 Å². The summed E-state index contributed by atoms with van der Waals surface area (Å²) < 4.78 is 9.49. The topological polar surface area (TPSA) is 84.9 Å². The van der Waals surface area contributed by atoms with Crippen LogP contribution in [-0.4, -0.2) is 42.2 Å². The maximum atomic E-state index is 11.7. The van der Waals surface area contributed by atoms with Crippen molar-refractivity contribution in [2.75, 3.05) is 13.2 Å². The van der Waals surface area contributed by atoms with Crippen molar-refractivity contribution in [3.8, 4) is 0 Å². The number of carbonyl (C=O) groups excluding carboxylic acids is 3. The van der Waals surface area contributed by atoms with Crippen molar-refractivity contribution >= 4 is 18.0 Å². The van der Waals surface area contributed by atoms with Gasteiger partial charge in [-0.1, -0.05) is 0 Å². The van der Waals surface area contributed by atoms with Gasteiger partial charge < -0.3 is 9.47 Å². The number of amides is 2. The van der Waals surface area contributed by atoms with Crippen LogP contribution in [-0.2, 0) is 14.3 Å². The molecule has 0 spiro atoms. The van der Waals surface area contributed by atoms with E-state index in [9.17, 15) is 14.4 Å². The van der Waals surface area contributed by atoms with Crippen LogP contribution in [0.3, 0.4) is 0 Å². The van der Waals surface area contributed by atoms with Gasteiger partial charge >= 0.3 is 12.2 Å². The van der Waals surface area contributed by atoms with Crippen molar-refractivity contribution in [2.24, 2.45) is 0 Å². The van der Waals surface area contributed by atoms with Crippen LogP contribution in [0.5, 0.6) is 0 Å². The molecule has 0 aromatic carbocycles. The predicted octanol–water partition coefficient (Wildman–Crippen LogP) is 1.23. The van der Waals surface area contributed by atoms with Crippen LogP contribution in [0.25, 0.3) is 0 Å². The Kier molecular flexibility index (Phi) is 5.41. The van der Waals surface area contributed by atoms with Crippen molar-refractivity contribution in [3.05, 3.63) is 0 Å². The lowest BCUT2D eigenvalue weighted by Gasteiger charge is -2.26. The molecule has 18 heavy (non-hydrogen) atoms. The first-order chi connectivity index (χ1) is 8.60. The summed E-state index contributed by atoms with van der Waals surface area (Å²) in [6, 6.07) is -0.659. The highest BCUT2D eigenvalue weighted by Gasteiger charge is 2.35. The number of ether oxygens (including phenoxy) is 2. The van der Waals surface area contributed by atoms with E-state index in [0.717, 1.165) is 5.01 Å². The van der Waals surface area contributed by atoms with Crippen LogP contribution < -0.4 is 5.43 Å². The van der Waals surface area contributed by atoms with Gasteiger partial charge in [0.2, 0.25) is 0 Å². The number of hydrazine groups is 1. The van der Waals surface area contributed by atoms with Gasteiger partial charge in [-0.05, 0) is 26.7 Å². The molecule has 0 radical (unpaired) electrons. The molecule has 102 valence electrons. The minimum absolute atomic E-state index is 0.0835. The van der Waals surface area contributed by atoms with Crippen molar-refractivity contribution < 1.29 is 23.9 Å². The number of carbonyl (C=O) groups is 3. The highest BCUT2D eigenvalue weighted by atomic mass is 16.6. The van der Waals surface area contributed by atoms with Gasteiger partial charge in [0, 0.05) is 6.42 Å². The average molecular weight is 258 g/mol. The molecule has 1 saturated carbocycles. The van der Waals surface area contributed by atoms with Gasteiger partial charge in [-0.3, -0.25) is 4.79 Å². The average Bonchev–Trinajstić information content (AvgIpc) is 2.73. The number of nitrogens with zero attached hydrogens (tertiary/aromatic N) is 1. The van der Waals surface area contributed by atoms with Gasteiger partial charge in [0.15, 0.2) is 5.78 Å². The molecule has 1 N–H and O–H groups in total. The molecular formula is C11H18N2O5. The van der Waals surface area contributed by atoms with Crippen molar-refractivity contribution in [1.82, 2.24) is 10.4 Å². The highest BCUT2D eigenvalue weighted by Crippen LogP contribution is 2.19. The molecule has 1 atom stereocenters. The third-order valence-corrected chi connectivity index (χ3v) is 2.54. The third kappa shape index (κ3) is 3.61. The monoisotopic (exact) mass is 258 g/mol. The maximum absolute atomic E-state index is 11.7. The second-order valence-corrected chi connectivity index (χ2v) is 3.78. The van der Waals surface area contributed by atoms with E-state index in [-0.39, 0.29) is 19.0 Å². The van der Waals surface area contributed by atoms with Crippen LogP contribution in [0, 0.1) is 0 Å². The van der Waals surface area contributed by atoms with Gasteiger partial charge in [-0.2, -0.15) is 0 Å². The molecule has 0 saturated heterocycles. The Morgan fingerprint density at radius 1 is 1.33 bits per heavy atom. The summed E-state index contributed by atoms with van der Waals surface area (Å²) in [5, 5.41) is 0.927. The van der Waals surface area contributed by atoms with Gasteiger partial charge in [0.1, 0.15) is 6.04 Å². The molecule has 7 heteroatoms. The van der Waals surface area contributed by atoms with E-state index in [0.29, 0.717) is 19.3 Å². The minimum atomic E-state index is -0.773. The van der Waals surface area contributed by atoms with Crippen LogP contribution >= 0.6 is 0 Å². The predicted molar refractivity (Wildman–Crippen MR) is 61.7 cm³/mol. The van der Waals surface area contributed by atoms with E-state index in [1.165, 1.54) is 0 Å². The second-order valence-electron chi connectivity index (χ2n) is 3.78. The zero-order valence-corrected chi connectivity index (χ0v) is 10.6. The largest absolute Gasteiger partial charge is 0.449 e. The van der Waals surface area contributed by atoms with Gasteiger partial charge in [-0.25, -0.2) is 20.0 Å². The van der Waals surface area contributed by atoms with E-state index >= 15 is 0 Å². The molecule has 1 aliphatic carbocycles. The molecule has 1 unspecified atom stereocenters. The minimum Gasteiger partial charge on any atom is -0.449 e. The van der Waals surface area contributed by atoms with Crippen LogP contribution in [0.1, 0.15) is 33.1 Å². The van der Waals surface area contributed by atoms with E-state index in [1.807, 2.05) is 0 Å². The highest BCUT2D eigenvalue weighted by molar-refractivity contribution is 5.89. The van der Waals surface area contributed by atoms with Crippen LogP contribution in [0.4, 0.5) is 9.59 Å². The summed E-state index contributed by atoms with van der Waals surface area (Å²) in [6.07, 6.45) is 0.107. The number of hydrogen-bond donors (Lipinski definition) is 1. The second kappa shape index (κ2) is 6.83. The molecular weight excluding hydrogens is 240 g/mol. The third-order valence-electron chi connectivity index (χ3n) is 2.54. The molecule has 0 aromatic heterocycles. The van der Waals surface area contributed by atoms with Gasteiger partial charge in [0.05, 0.1) is 13.2 Å². The Morgan fingerprint density at radius 3 is 2.50 bits per heavy atom. The lowest BCUT2D eigenvalue weighted by Crippen LogP contribution is -2.53. The van der Waals surface area contributed by atoms with E-state index < -0.39 is 18.2 Å². The Hall–Kier alpha value is -1.79. The smallest absolute Gasteiger partial charge is 0.429 e. The number of rotatable bonds is 3. The normalized spacial score (nSPS) is 18.3. The lowest BCUT2D eigenvalue weighted by molar-refractivity contribution is -0.122. The first kappa shape index (κ1) is 14.3. The SMILES string of the molecule is CCOC(=O)NN(C(=O)OCC)C1CCCC1=O. The zero-order chi connectivity index (χ0) is 13.5. The molecule has 2 amide bonds. The molecule has 0 aliphatic heterocycles. The number of hydrogen-bond acceptors (Lipinski definition) is 5. The van der Waals surface area contributed by atoms with Gasteiger partial charge in [-0.15, -0.1) is 0 Å². The quantitative estimate of drug-likeness (QED) is 0.769. The Labute approximate surface area is 105 Å². The molecule has 1 fully saturated rings. The molecule has 0 bridgehead atoms. The number of Topliss-reactive ketones (excluding diaryl/α,β-unsaturated/α-hetero) is 1. The summed E-state index contributed by atoms with van der Waals surface area (Å²) in [5.74, 6) is -0.0835. The summed E-state index contributed by atoms with van der Waals surface area (Å²) in [4.78, 5) is 34.7. The summed E-state index contributed by atoms with van der Waals surface area (Å²) in [5.41, 5.74) is 2.25. The van der Waals surface area contributed by atoms with E-state index in [2.05, 4.69) is 10.2 Å². The fourth-order valence-corrected chi connectivity index (χ4v) is 1.78. The van der Waals surface area contributed by atoms with Crippen molar-refractivity contribution in [3.63, 3.8) is 0 Å². The van der Waals surface area contributed by atoms with Crippen molar-refractivity contribution in [1.29, 1.82) is 0 Å². The van der Waals surface area contributed by atoms with Gasteiger partial charge in [0.25, 0.3) is 0 Å². The molecule has 1 aliphatic rings.